The van der Waals surface area contributed by atoms with E-state index in [0.29, 0.717) is 32.8 Å². The van der Waals surface area contributed by atoms with Crippen molar-refractivity contribution in [1.82, 2.24) is 10.6 Å². The Morgan fingerprint density at radius 3 is 1.71 bits per heavy atom. The average molecular weight is 725 g/mol. The van der Waals surface area contributed by atoms with Crippen LogP contribution in [0.4, 0.5) is 0 Å². The van der Waals surface area contributed by atoms with Crippen LogP contribution in [-0.2, 0) is 42.8 Å². The van der Waals surface area contributed by atoms with Crippen LogP contribution in [0.15, 0.2) is 96.0 Å². The SMILES string of the molecule is CC(C)C[C@H](NC(=O)[C@H](Cc1ccccc1)C[C@H](O[Si](C)(C)C(C)(C)C)[C@H](Cc1ccccc1)N=CB=O)C(=O)N[C@@H](Cc1ccccc1)C(N)=O. The Labute approximate surface area is 312 Å². The van der Waals surface area contributed by atoms with Crippen LogP contribution in [0.2, 0.25) is 18.1 Å². The second kappa shape index (κ2) is 20.1. The minimum absolute atomic E-state index is 0.0624. The van der Waals surface area contributed by atoms with Crippen molar-refractivity contribution in [1.29, 1.82) is 0 Å². The molecule has 5 atom stereocenters. The first-order valence-corrected chi connectivity index (χ1v) is 21.2. The van der Waals surface area contributed by atoms with Gasteiger partial charge >= 0.3 is 254 Å². The normalized spacial score (nSPS) is 14.9. The number of rotatable bonds is 20. The van der Waals surface area contributed by atoms with Crippen LogP contribution in [-0.4, -0.2) is 63.5 Å². The van der Waals surface area contributed by atoms with Gasteiger partial charge in [-0.3, -0.25) is 4.79 Å². The maximum absolute atomic E-state index is 14.5. The molecule has 52 heavy (non-hydrogen) atoms. The quantitative estimate of drug-likeness (QED) is 0.0961. The van der Waals surface area contributed by atoms with Crippen molar-refractivity contribution in [3.05, 3.63) is 108 Å². The van der Waals surface area contributed by atoms with Crippen molar-refractivity contribution in [2.24, 2.45) is 22.6 Å². The Kier molecular flexibility index (Phi) is 16.3. The molecule has 3 aromatic rings. The van der Waals surface area contributed by atoms with Gasteiger partial charge in [0.05, 0.1) is 0 Å². The van der Waals surface area contributed by atoms with E-state index < -0.39 is 50.3 Å². The Balaban J connectivity index is 2.00. The number of carbonyl (C=O) groups excluding carboxylic acids is 3. The van der Waals surface area contributed by atoms with E-state index in [2.05, 4.69) is 44.5 Å². The monoisotopic (exact) mass is 724 g/mol. The molecule has 0 unspecified atom stereocenters. The van der Waals surface area contributed by atoms with E-state index >= 15 is 0 Å². The summed E-state index contributed by atoms with van der Waals surface area (Å²) in [6.45, 7) is 14.8. The van der Waals surface area contributed by atoms with Crippen LogP contribution in [0, 0.1) is 11.8 Å². The van der Waals surface area contributed by atoms with Gasteiger partial charge in [-0.15, -0.1) is 0 Å². The van der Waals surface area contributed by atoms with Crippen molar-refractivity contribution >= 4 is 39.3 Å². The Hall–Kier alpha value is -4.22. The van der Waals surface area contributed by atoms with Crippen LogP contribution < -0.4 is 16.4 Å². The van der Waals surface area contributed by atoms with Gasteiger partial charge in [-0.1, -0.05) is 30.3 Å². The first-order valence-electron chi connectivity index (χ1n) is 18.3. The van der Waals surface area contributed by atoms with Crippen molar-refractivity contribution < 1.29 is 23.5 Å². The average Bonchev–Trinajstić information content (AvgIpc) is 3.09. The molecule has 0 aliphatic carbocycles. The zero-order valence-electron chi connectivity index (χ0n) is 31.9. The Morgan fingerprint density at radius 2 is 1.25 bits per heavy atom. The van der Waals surface area contributed by atoms with E-state index in [1.54, 1.807) is 0 Å². The number of hydrogen-bond donors (Lipinski definition) is 3. The second-order valence-electron chi connectivity index (χ2n) is 15.6. The third-order valence-electron chi connectivity index (χ3n) is 9.80. The van der Waals surface area contributed by atoms with Gasteiger partial charge in [0.25, 0.3) is 0 Å². The Bertz CT molecular complexity index is 1600. The van der Waals surface area contributed by atoms with Crippen LogP contribution in [0.1, 0.15) is 64.2 Å². The van der Waals surface area contributed by atoms with Crippen molar-refractivity contribution in [3.8, 4) is 0 Å². The van der Waals surface area contributed by atoms with Gasteiger partial charge in [0.2, 0.25) is 5.91 Å². The van der Waals surface area contributed by atoms with E-state index in [0.717, 1.165) is 16.7 Å². The van der Waals surface area contributed by atoms with Gasteiger partial charge in [-0.05, 0) is 5.56 Å². The fourth-order valence-corrected chi connectivity index (χ4v) is 7.28. The summed E-state index contributed by atoms with van der Waals surface area (Å²) in [6.07, 6.45) is 2.56. The van der Waals surface area contributed by atoms with Gasteiger partial charge in [-0.25, -0.2) is 0 Å². The number of nitrogens with zero attached hydrogens (tertiary/aromatic N) is 1. The van der Waals surface area contributed by atoms with Crippen LogP contribution in [0.3, 0.4) is 0 Å². The van der Waals surface area contributed by atoms with E-state index in [1.807, 2.05) is 105 Å². The van der Waals surface area contributed by atoms with Crippen LogP contribution in [0.25, 0.3) is 0 Å². The van der Waals surface area contributed by atoms with E-state index in [9.17, 15) is 19.1 Å². The molecule has 0 bridgehead atoms. The number of nitrogens with two attached hydrogens (primary N) is 1. The molecule has 0 saturated carbocycles. The first-order chi connectivity index (χ1) is 24.6. The molecule has 0 aliphatic rings. The van der Waals surface area contributed by atoms with Crippen molar-refractivity contribution in [3.63, 3.8) is 0 Å². The number of carbonyl (C=O) groups is 3. The Morgan fingerprint density at radius 1 is 0.769 bits per heavy atom. The molecule has 0 saturated heterocycles. The number of aliphatic imine (C=N–C) groups is 1. The van der Waals surface area contributed by atoms with Crippen molar-refractivity contribution in [2.75, 3.05) is 0 Å². The summed E-state index contributed by atoms with van der Waals surface area (Å²) in [5, 5.41) is 5.75. The maximum atomic E-state index is 14.5. The smallest absolute Gasteiger partial charge is 0.368 e. The first kappa shape index (κ1) is 42.2. The van der Waals surface area contributed by atoms with E-state index in [4.69, 9.17) is 15.2 Å². The third-order valence-corrected chi connectivity index (χ3v) is 14.3. The summed E-state index contributed by atoms with van der Waals surface area (Å²) < 4.78 is 18.7. The molecule has 3 rings (SSSR count). The molecule has 0 radical (unpaired) electrons. The molecule has 0 aromatic heterocycles. The molecular formula is C41H57BN4O5Si. The van der Waals surface area contributed by atoms with Crippen LogP contribution in [0.5, 0.6) is 0 Å². The molecule has 0 aliphatic heterocycles. The topological polar surface area (TPSA) is 140 Å². The molecule has 3 aromatic carbocycles. The molecule has 3 amide bonds. The van der Waals surface area contributed by atoms with E-state index in [-0.39, 0.29) is 23.3 Å². The molecule has 278 valence electrons. The third kappa shape index (κ3) is 13.7. The molecule has 4 N–H and O–H groups in total. The van der Waals surface area contributed by atoms with Crippen LogP contribution >= 0.6 is 0 Å². The van der Waals surface area contributed by atoms with Gasteiger partial charge in [-0.2, -0.15) is 0 Å². The van der Waals surface area contributed by atoms with Crippen molar-refractivity contribution in [2.45, 2.75) is 109 Å². The summed E-state index contributed by atoms with van der Waals surface area (Å²) >= 11 is 0. The summed E-state index contributed by atoms with van der Waals surface area (Å²) in [7, 11) is -1.75. The molecule has 9 nitrogen and oxygen atoms in total. The molecule has 0 spiro atoms. The number of hydrogen-bond acceptors (Lipinski definition) is 6. The van der Waals surface area contributed by atoms with Gasteiger partial charge in [0.15, 0.2) is 0 Å². The number of amides is 3. The fourth-order valence-electron chi connectivity index (χ4n) is 5.92. The fraction of sp³-hybridized carbons (Fsp3) is 0.463. The molecule has 11 heteroatoms. The number of primary amides is 1. The summed E-state index contributed by atoms with van der Waals surface area (Å²) in [6, 6.07) is 26.7. The number of benzene rings is 3. The predicted molar refractivity (Wildman–Crippen MR) is 212 cm³/mol. The second-order valence-corrected chi connectivity index (χ2v) is 20.3. The minimum Gasteiger partial charge on any atom is -0.368 e. The zero-order valence-corrected chi connectivity index (χ0v) is 32.9. The molecule has 0 heterocycles. The molecule has 0 fully saturated rings. The summed E-state index contributed by atoms with van der Waals surface area (Å²) in [5.41, 5.74) is 8.60. The standard InChI is InChI=1S/C41H57BN4O5Si/c1-29(2)23-36(40(49)45-35(38(43)47)26-32-21-15-10-16-22-32)46-39(48)33(24-30-17-11-8-12-18-30)27-37(51-52(6,7)41(3,4)5)34(44-28-42-50)25-31-19-13-9-14-20-31/h8-22,28-29,33-37H,23-27H2,1-7H3,(H2,43,47)(H,45,49)(H,46,48)/t33-,34+,35+,36+,37+/m1/s1. The zero-order chi connectivity index (χ0) is 38.3. The summed E-state index contributed by atoms with van der Waals surface area (Å²) in [5.74, 6) is -1.97. The van der Waals surface area contributed by atoms with E-state index in [1.165, 1.54) is 6.11 Å². The molecular weight excluding hydrogens is 667 g/mol. The minimum atomic E-state index is -2.42. The van der Waals surface area contributed by atoms with Gasteiger partial charge in [0, 0.05) is 6.42 Å². The predicted octanol–water partition coefficient (Wildman–Crippen LogP) is 6.06. The number of nitrogens with one attached hydrogen (secondary N) is 2. The van der Waals surface area contributed by atoms with Gasteiger partial charge in [0.1, 0.15) is 0 Å². The summed E-state index contributed by atoms with van der Waals surface area (Å²) in [4.78, 5) is 45.5. The van der Waals surface area contributed by atoms with Gasteiger partial charge < -0.3 is 5.73 Å².